The maximum Gasteiger partial charge on any atom is 0.138 e. The zero-order valence-corrected chi connectivity index (χ0v) is 14.1. The van der Waals surface area contributed by atoms with E-state index in [2.05, 4.69) is 35.8 Å². The number of hydrogen-bond acceptors (Lipinski definition) is 5. The standard InChI is InChI=1S/C17H24N4O/c1-11-14(12(2)22-20-11)10-21-7-6-15-13(9-21)8-18-16(19-15)17(3,4)5/h8H,6-7,9-10H2,1-5H3. The largest absolute Gasteiger partial charge is 0.361 e. The summed E-state index contributed by atoms with van der Waals surface area (Å²) in [5.74, 6) is 1.85. The average molecular weight is 300 g/mol. The molecule has 0 unspecified atom stereocenters. The summed E-state index contributed by atoms with van der Waals surface area (Å²) in [6.07, 6.45) is 2.98. The van der Waals surface area contributed by atoms with Gasteiger partial charge in [-0.3, -0.25) is 4.90 Å². The molecule has 1 aliphatic heterocycles. The molecule has 5 heteroatoms. The molecule has 0 fully saturated rings. The molecule has 0 amide bonds. The highest BCUT2D eigenvalue weighted by Crippen LogP contribution is 2.24. The van der Waals surface area contributed by atoms with Crippen molar-refractivity contribution < 1.29 is 4.52 Å². The Hall–Kier alpha value is -1.75. The van der Waals surface area contributed by atoms with Crippen molar-refractivity contribution in [2.24, 2.45) is 0 Å². The van der Waals surface area contributed by atoms with Crippen LogP contribution in [0.25, 0.3) is 0 Å². The Bertz CT molecular complexity index is 665. The minimum Gasteiger partial charge on any atom is -0.361 e. The van der Waals surface area contributed by atoms with Crippen LogP contribution in [0, 0.1) is 13.8 Å². The second-order valence-corrected chi connectivity index (χ2v) is 7.18. The van der Waals surface area contributed by atoms with E-state index in [1.165, 1.54) is 16.8 Å². The molecule has 3 heterocycles. The van der Waals surface area contributed by atoms with Gasteiger partial charge in [-0.15, -0.1) is 0 Å². The second-order valence-electron chi connectivity index (χ2n) is 7.18. The van der Waals surface area contributed by atoms with Gasteiger partial charge in [-0.05, 0) is 13.8 Å². The first-order valence-corrected chi connectivity index (χ1v) is 7.84. The lowest BCUT2D eigenvalue weighted by molar-refractivity contribution is 0.240. The van der Waals surface area contributed by atoms with Crippen LogP contribution in [0.15, 0.2) is 10.7 Å². The molecular weight excluding hydrogens is 276 g/mol. The van der Waals surface area contributed by atoms with E-state index in [-0.39, 0.29) is 5.41 Å². The second kappa shape index (κ2) is 5.47. The predicted octanol–water partition coefficient (Wildman–Crippen LogP) is 2.94. The SMILES string of the molecule is Cc1noc(C)c1CN1CCc2nc(C(C)(C)C)ncc2C1. The van der Waals surface area contributed by atoms with Gasteiger partial charge in [-0.1, -0.05) is 25.9 Å². The quantitative estimate of drug-likeness (QED) is 0.853. The van der Waals surface area contributed by atoms with E-state index in [0.29, 0.717) is 0 Å². The molecule has 0 atom stereocenters. The van der Waals surface area contributed by atoms with Gasteiger partial charge in [0.15, 0.2) is 0 Å². The summed E-state index contributed by atoms with van der Waals surface area (Å²) in [6.45, 7) is 13.2. The van der Waals surface area contributed by atoms with Crippen molar-refractivity contribution in [2.45, 2.75) is 59.5 Å². The van der Waals surface area contributed by atoms with Crippen molar-refractivity contribution in [3.05, 3.63) is 40.3 Å². The number of rotatable bonds is 2. The van der Waals surface area contributed by atoms with E-state index in [0.717, 1.165) is 43.3 Å². The molecule has 0 bridgehead atoms. The van der Waals surface area contributed by atoms with E-state index < -0.39 is 0 Å². The minimum atomic E-state index is 0.00283. The third kappa shape index (κ3) is 2.90. The van der Waals surface area contributed by atoms with E-state index in [9.17, 15) is 0 Å². The lowest BCUT2D eigenvalue weighted by Gasteiger charge is -2.29. The van der Waals surface area contributed by atoms with E-state index in [4.69, 9.17) is 9.51 Å². The Morgan fingerprint density at radius 1 is 1.27 bits per heavy atom. The summed E-state index contributed by atoms with van der Waals surface area (Å²) in [7, 11) is 0. The van der Waals surface area contributed by atoms with Crippen LogP contribution in [-0.4, -0.2) is 26.6 Å². The zero-order valence-electron chi connectivity index (χ0n) is 14.1. The number of nitrogens with zero attached hydrogens (tertiary/aromatic N) is 4. The Kier molecular flexibility index (Phi) is 3.77. The van der Waals surface area contributed by atoms with Crippen molar-refractivity contribution in [3.8, 4) is 0 Å². The smallest absolute Gasteiger partial charge is 0.138 e. The van der Waals surface area contributed by atoms with E-state index in [1.807, 2.05) is 20.0 Å². The fraction of sp³-hybridized carbons (Fsp3) is 0.588. The van der Waals surface area contributed by atoms with Gasteiger partial charge in [0.2, 0.25) is 0 Å². The Morgan fingerprint density at radius 2 is 2.05 bits per heavy atom. The monoisotopic (exact) mass is 300 g/mol. The molecule has 5 nitrogen and oxygen atoms in total. The van der Waals surface area contributed by atoms with Gasteiger partial charge in [-0.25, -0.2) is 9.97 Å². The fourth-order valence-corrected chi connectivity index (χ4v) is 2.82. The topological polar surface area (TPSA) is 55.1 Å². The summed E-state index contributed by atoms with van der Waals surface area (Å²) < 4.78 is 5.26. The van der Waals surface area contributed by atoms with E-state index >= 15 is 0 Å². The lowest BCUT2D eigenvalue weighted by atomic mass is 9.95. The molecule has 1 aliphatic rings. The third-order valence-electron chi connectivity index (χ3n) is 4.25. The number of aromatic nitrogens is 3. The molecule has 2 aromatic heterocycles. The summed E-state index contributed by atoms with van der Waals surface area (Å²) in [5, 5.41) is 4.04. The molecule has 0 spiro atoms. The summed E-state index contributed by atoms with van der Waals surface area (Å²) in [4.78, 5) is 11.8. The summed E-state index contributed by atoms with van der Waals surface area (Å²) >= 11 is 0. The highest BCUT2D eigenvalue weighted by atomic mass is 16.5. The third-order valence-corrected chi connectivity index (χ3v) is 4.25. The van der Waals surface area contributed by atoms with Crippen molar-refractivity contribution in [1.29, 1.82) is 0 Å². The van der Waals surface area contributed by atoms with E-state index in [1.54, 1.807) is 0 Å². The van der Waals surface area contributed by atoms with Gasteiger partial charge in [0.05, 0.1) is 5.69 Å². The van der Waals surface area contributed by atoms with Gasteiger partial charge in [0.1, 0.15) is 11.6 Å². The minimum absolute atomic E-state index is 0.00283. The van der Waals surface area contributed by atoms with Crippen LogP contribution in [-0.2, 0) is 24.9 Å². The molecule has 118 valence electrons. The van der Waals surface area contributed by atoms with Crippen molar-refractivity contribution in [3.63, 3.8) is 0 Å². The van der Waals surface area contributed by atoms with Crippen molar-refractivity contribution in [1.82, 2.24) is 20.0 Å². The molecule has 22 heavy (non-hydrogen) atoms. The molecule has 0 saturated carbocycles. The van der Waals surface area contributed by atoms with Crippen LogP contribution < -0.4 is 0 Å². The summed E-state index contributed by atoms with van der Waals surface area (Å²) in [5.41, 5.74) is 4.64. The molecule has 0 aliphatic carbocycles. The number of hydrogen-bond donors (Lipinski definition) is 0. The molecule has 0 radical (unpaired) electrons. The van der Waals surface area contributed by atoms with Crippen molar-refractivity contribution in [2.75, 3.05) is 6.54 Å². The van der Waals surface area contributed by atoms with Crippen LogP contribution in [0.1, 0.15) is 54.9 Å². The molecular formula is C17H24N4O. The maximum absolute atomic E-state index is 5.26. The van der Waals surface area contributed by atoms with Crippen molar-refractivity contribution >= 4 is 0 Å². The van der Waals surface area contributed by atoms with Gasteiger partial charge >= 0.3 is 0 Å². The Morgan fingerprint density at radius 3 is 2.68 bits per heavy atom. The van der Waals surface area contributed by atoms with Crippen LogP contribution in [0.2, 0.25) is 0 Å². The molecule has 0 aromatic carbocycles. The molecule has 2 aromatic rings. The van der Waals surface area contributed by atoms with Crippen LogP contribution in [0.4, 0.5) is 0 Å². The first kappa shape index (κ1) is 15.2. The van der Waals surface area contributed by atoms with Crippen LogP contribution in [0.5, 0.6) is 0 Å². The van der Waals surface area contributed by atoms with Gasteiger partial charge < -0.3 is 4.52 Å². The zero-order chi connectivity index (χ0) is 15.9. The lowest BCUT2D eigenvalue weighted by Crippen LogP contribution is -2.32. The Labute approximate surface area is 131 Å². The fourth-order valence-electron chi connectivity index (χ4n) is 2.82. The molecule has 0 N–H and O–H groups in total. The normalized spacial score (nSPS) is 15.9. The number of aryl methyl sites for hydroxylation is 2. The highest BCUT2D eigenvalue weighted by molar-refractivity contribution is 5.24. The van der Waals surface area contributed by atoms with Gasteiger partial charge in [0.25, 0.3) is 0 Å². The number of fused-ring (bicyclic) bond motifs is 1. The van der Waals surface area contributed by atoms with Crippen LogP contribution >= 0.6 is 0 Å². The van der Waals surface area contributed by atoms with Crippen LogP contribution in [0.3, 0.4) is 0 Å². The predicted molar refractivity (Wildman–Crippen MR) is 84.5 cm³/mol. The Balaban J connectivity index is 1.77. The summed E-state index contributed by atoms with van der Waals surface area (Å²) in [6, 6.07) is 0. The van der Waals surface area contributed by atoms with Gasteiger partial charge in [-0.2, -0.15) is 0 Å². The average Bonchev–Trinajstić information content (AvgIpc) is 2.77. The first-order chi connectivity index (χ1) is 10.3. The maximum atomic E-state index is 5.26. The van der Waals surface area contributed by atoms with Gasteiger partial charge in [0, 0.05) is 54.5 Å². The molecule has 0 saturated heterocycles. The first-order valence-electron chi connectivity index (χ1n) is 7.84. The highest BCUT2D eigenvalue weighted by Gasteiger charge is 2.24. The molecule has 3 rings (SSSR count).